The van der Waals surface area contributed by atoms with Crippen LogP contribution in [0.15, 0.2) is 89.7 Å². The molecular weight excluding hydrogens is 596 g/mol. The van der Waals surface area contributed by atoms with Crippen LogP contribution in [0.1, 0.15) is 41.0 Å². The minimum absolute atomic E-state index is 0.100. The molecule has 0 saturated carbocycles. The second-order valence-corrected chi connectivity index (χ2v) is 14.1. The summed E-state index contributed by atoms with van der Waals surface area (Å²) in [7, 11) is 0. The first kappa shape index (κ1) is 31.1. The van der Waals surface area contributed by atoms with E-state index in [1.165, 1.54) is 5.28 Å². The molecule has 7 rings (SSSR count). The Kier molecular flexibility index (Phi) is 8.34. The van der Waals surface area contributed by atoms with Crippen LogP contribution in [0, 0.1) is 5.41 Å². The van der Waals surface area contributed by atoms with Gasteiger partial charge < -0.3 is 28.5 Å². The molecule has 4 aromatic carbocycles. The van der Waals surface area contributed by atoms with Gasteiger partial charge in [-0.05, 0) is 95.8 Å². The van der Waals surface area contributed by atoms with Crippen LogP contribution in [0.4, 0.5) is 0 Å². The maximum Gasteiger partial charge on any atom is 0.215 e. The molecule has 0 aliphatic carbocycles. The molecule has 4 aromatic rings. The summed E-state index contributed by atoms with van der Waals surface area (Å²) in [4.78, 5) is 11.3. The van der Waals surface area contributed by atoms with Crippen LogP contribution in [0.5, 0.6) is 23.0 Å². The van der Waals surface area contributed by atoms with Gasteiger partial charge in [-0.1, -0.05) is 45.0 Å². The van der Waals surface area contributed by atoms with Gasteiger partial charge in [0.1, 0.15) is 48.5 Å². The molecule has 47 heavy (non-hydrogen) atoms. The molecule has 2 saturated heterocycles. The maximum atomic E-state index is 6.36. The molecule has 2 N–H and O–H groups in total. The van der Waals surface area contributed by atoms with Crippen LogP contribution in [-0.4, -0.2) is 55.3 Å². The first-order valence-corrected chi connectivity index (χ1v) is 16.1. The van der Waals surface area contributed by atoms with Gasteiger partial charge in [-0.2, -0.15) is 0 Å². The summed E-state index contributed by atoms with van der Waals surface area (Å²) >= 11 is 0. The van der Waals surface area contributed by atoms with Crippen molar-refractivity contribution >= 4 is 27.4 Å². The van der Waals surface area contributed by atoms with E-state index in [9.17, 15) is 0 Å². The van der Waals surface area contributed by atoms with Crippen LogP contribution in [0.25, 0.3) is 21.5 Å². The molecule has 3 heterocycles. The molecule has 0 aromatic heterocycles. The van der Waals surface area contributed by atoms with Crippen molar-refractivity contribution in [3.05, 3.63) is 84.8 Å². The Morgan fingerprint density at radius 2 is 1.19 bits per heavy atom. The van der Waals surface area contributed by atoms with Gasteiger partial charge in [0.2, 0.25) is 5.88 Å². The molecule has 10 nitrogen and oxygen atoms in total. The SMILES string of the molecule is CC(C)(C)CC(C)(C)N=C1C=C(Oc2ccc3cc(OCC4CO4)ccc3c2)NN(Oc2ccc3cc(OCC4CO4)ccc3c2)N1. The predicted molar refractivity (Wildman–Crippen MR) is 181 cm³/mol. The first-order valence-electron chi connectivity index (χ1n) is 16.1. The van der Waals surface area contributed by atoms with Gasteiger partial charge in [-0.15, -0.1) is 0 Å². The number of benzene rings is 4. The normalized spacial score (nSPS) is 20.4. The number of fused-ring (bicyclic) bond motifs is 2. The fourth-order valence-electron chi connectivity index (χ4n) is 5.88. The average Bonchev–Trinajstić information content (AvgIpc) is 3.93. The predicted octanol–water partition coefficient (Wildman–Crippen LogP) is 6.70. The number of hydrogen-bond acceptors (Lipinski definition) is 9. The van der Waals surface area contributed by atoms with E-state index in [0.717, 1.165) is 52.7 Å². The van der Waals surface area contributed by atoms with Crippen LogP contribution in [-0.2, 0) is 9.47 Å². The van der Waals surface area contributed by atoms with Crippen LogP contribution >= 0.6 is 0 Å². The van der Waals surface area contributed by atoms with E-state index in [1.807, 2.05) is 78.9 Å². The van der Waals surface area contributed by atoms with E-state index in [2.05, 4.69) is 45.5 Å². The van der Waals surface area contributed by atoms with Gasteiger partial charge in [-0.25, -0.2) is 5.43 Å². The zero-order valence-electron chi connectivity index (χ0n) is 27.5. The van der Waals surface area contributed by atoms with Crippen LogP contribution in [0.3, 0.4) is 0 Å². The van der Waals surface area contributed by atoms with Crippen molar-refractivity contribution in [3.63, 3.8) is 0 Å². The number of hydrogen-bond donors (Lipinski definition) is 2. The van der Waals surface area contributed by atoms with Crippen molar-refractivity contribution < 1.29 is 28.5 Å². The van der Waals surface area contributed by atoms with Crippen molar-refractivity contribution in [1.82, 2.24) is 16.1 Å². The summed E-state index contributed by atoms with van der Waals surface area (Å²) in [5.74, 6) is 4.00. The number of ether oxygens (including phenoxy) is 5. The van der Waals surface area contributed by atoms with Crippen molar-refractivity contribution in [3.8, 4) is 23.0 Å². The summed E-state index contributed by atoms with van der Waals surface area (Å²) in [6.45, 7) is 13.6. The molecule has 0 bridgehead atoms. The third kappa shape index (κ3) is 8.65. The van der Waals surface area contributed by atoms with Crippen molar-refractivity contribution in [2.75, 3.05) is 26.4 Å². The third-order valence-electron chi connectivity index (χ3n) is 7.75. The quantitative estimate of drug-likeness (QED) is 0.164. The topological polar surface area (TPSA) is 102 Å². The molecule has 0 spiro atoms. The zero-order chi connectivity index (χ0) is 32.6. The molecule has 246 valence electrons. The fourth-order valence-corrected chi connectivity index (χ4v) is 5.88. The highest BCUT2D eigenvalue weighted by Gasteiger charge is 2.28. The summed E-state index contributed by atoms with van der Waals surface area (Å²) in [5, 5.41) is 5.58. The Balaban J connectivity index is 1.09. The summed E-state index contributed by atoms with van der Waals surface area (Å²) in [5.41, 5.74) is 6.20. The highest BCUT2D eigenvalue weighted by molar-refractivity contribution is 5.94. The lowest BCUT2D eigenvalue weighted by Gasteiger charge is -2.33. The van der Waals surface area contributed by atoms with Crippen molar-refractivity contribution in [2.45, 2.75) is 58.8 Å². The third-order valence-corrected chi connectivity index (χ3v) is 7.75. The maximum absolute atomic E-state index is 6.36. The van der Waals surface area contributed by atoms with Gasteiger partial charge in [0.25, 0.3) is 0 Å². The second kappa shape index (κ2) is 12.6. The lowest BCUT2D eigenvalue weighted by Crippen LogP contribution is -2.56. The molecule has 3 aliphatic heterocycles. The van der Waals surface area contributed by atoms with Crippen molar-refractivity contribution in [1.29, 1.82) is 0 Å². The molecule has 0 radical (unpaired) electrons. The molecule has 10 heteroatoms. The summed E-state index contributed by atoms with van der Waals surface area (Å²) < 4.78 is 28.6. The Morgan fingerprint density at radius 3 is 1.72 bits per heavy atom. The monoisotopic (exact) mass is 638 g/mol. The molecule has 0 amide bonds. The van der Waals surface area contributed by atoms with Crippen molar-refractivity contribution in [2.24, 2.45) is 10.4 Å². The summed E-state index contributed by atoms with van der Waals surface area (Å²) in [6, 6.07) is 23.9. The van der Waals surface area contributed by atoms with Gasteiger partial charge in [0.05, 0.1) is 18.8 Å². The zero-order valence-corrected chi connectivity index (χ0v) is 27.5. The highest BCUT2D eigenvalue weighted by Crippen LogP contribution is 2.31. The number of nitrogens with one attached hydrogen (secondary N) is 2. The van der Waals surface area contributed by atoms with E-state index in [-0.39, 0.29) is 23.2 Å². The van der Waals surface area contributed by atoms with E-state index in [1.54, 1.807) is 0 Å². The van der Waals surface area contributed by atoms with E-state index in [0.29, 0.717) is 36.4 Å². The Bertz CT molecular complexity index is 1820. The number of nitrogens with zero attached hydrogens (tertiary/aromatic N) is 2. The van der Waals surface area contributed by atoms with Crippen LogP contribution in [0.2, 0.25) is 0 Å². The van der Waals surface area contributed by atoms with Gasteiger partial charge in [0.15, 0.2) is 5.75 Å². The molecular formula is C37H42N4O6. The number of hydrazine groups is 2. The van der Waals surface area contributed by atoms with Gasteiger partial charge in [0, 0.05) is 11.4 Å². The van der Waals surface area contributed by atoms with E-state index in [4.69, 9.17) is 33.5 Å². The molecule has 2 unspecified atom stereocenters. The number of amidine groups is 1. The Morgan fingerprint density at radius 1 is 0.702 bits per heavy atom. The summed E-state index contributed by atoms with van der Waals surface area (Å²) in [6.07, 6.45) is 3.16. The first-order chi connectivity index (χ1) is 22.5. The number of epoxide rings is 2. The van der Waals surface area contributed by atoms with Gasteiger partial charge in [-0.3, -0.25) is 10.4 Å². The van der Waals surface area contributed by atoms with E-state index < -0.39 is 0 Å². The Labute approximate surface area is 275 Å². The standard InChI is InChI=1S/C37H42N4O6/c1-36(2,3)23-37(4,5)38-34-18-35(46-30-12-8-24-14-28(10-6-26(24)16-30)42-19-32-21-44-32)40-41(39-34)47-31-13-9-25-15-29(11-7-27(25)17-31)43-20-33-22-45-33/h6-18,32-33,40H,19-23H2,1-5H3,(H,38,39). The number of rotatable bonds is 12. The smallest absolute Gasteiger partial charge is 0.215 e. The van der Waals surface area contributed by atoms with Gasteiger partial charge >= 0.3 is 0 Å². The second-order valence-electron chi connectivity index (χ2n) is 14.1. The average molecular weight is 639 g/mol. The highest BCUT2D eigenvalue weighted by atomic mass is 16.7. The van der Waals surface area contributed by atoms with Crippen LogP contribution < -0.4 is 29.9 Å². The lowest BCUT2D eigenvalue weighted by molar-refractivity contribution is -0.133. The lowest BCUT2D eigenvalue weighted by atomic mass is 9.82. The molecule has 2 atom stereocenters. The molecule has 3 aliphatic rings. The largest absolute Gasteiger partial charge is 0.491 e. The fraction of sp³-hybridized carbons (Fsp3) is 0.378. The van der Waals surface area contributed by atoms with E-state index >= 15 is 0 Å². The molecule has 2 fully saturated rings. The minimum Gasteiger partial charge on any atom is -0.491 e. The Hall–Kier alpha value is -4.51. The minimum atomic E-state index is -0.339. The number of aliphatic imine (C=N–C) groups is 1.